The summed E-state index contributed by atoms with van der Waals surface area (Å²) in [4.78, 5) is 18.5. The van der Waals surface area contributed by atoms with Gasteiger partial charge in [0.2, 0.25) is 0 Å². The van der Waals surface area contributed by atoms with Crippen molar-refractivity contribution < 1.29 is 9.90 Å². The molecule has 4 nitrogen and oxygen atoms in total. The quantitative estimate of drug-likeness (QED) is 0.719. The van der Waals surface area contributed by atoms with E-state index in [0.29, 0.717) is 0 Å². The predicted molar refractivity (Wildman–Crippen MR) is 79.1 cm³/mol. The third kappa shape index (κ3) is 2.67. The molecule has 0 saturated heterocycles. The van der Waals surface area contributed by atoms with Gasteiger partial charge >= 0.3 is 5.97 Å². The van der Waals surface area contributed by atoms with Crippen LogP contribution in [0.25, 0.3) is 11.0 Å². The van der Waals surface area contributed by atoms with E-state index in [1.165, 1.54) is 5.56 Å². The maximum atomic E-state index is 10.9. The highest BCUT2D eigenvalue weighted by molar-refractivity contribution is 7.98. The molecule has 20 heavy (non-hydrogen) atoms. The Morgan fingerprint density at radius 2 is 2.00 bits per heavy atom. The Morgan fingerprint density at radius 1 is 1.20 bits per heavy atom. The van der Waals surface area contributed by atoms with Crippen LogP contribution in [-0.4, -0.2) is 21.0 Å². The van der Waals surface area contributed by atoms with Crippen molar-refractivity contribution in [2.24, 2.45) is 0 Å². The van der Waals surface area contributed by atoms with E-state index in [2.05, 4.69) is 22.1 Å². The zero-order valence-corrected chi connectivity index (χ0v) is 11.4. The van der Waals surface area contributed by atoms with Crippen LogP contribution in [0.15, 0.2) is 53.7 Å². The van der Waals surface area contributed by atoms with E-state index in [0.717, 1.165) is 21.9 Å². The highest BCUT2D eigenvalue weighted by Crippen LogP contribution is 2.23. The van der Waals surface area contributed by atoms with Gasteiger partial charge in [-0.1, -0.05) is 42.1 Å². The highest BCUT2D eigenvalue weighted by Gasteiger charge is 2.08. The Kier molecular flexibility index (Phi) is 3.43. The van der Waals surface area contributed by atoms with Crippen molar-refractivity contribution in [2.75, 3.05) is 0 Å². The Hall–Kier alpha value is -2.27. The van der Waals surface area contributed by atoms with Gasteiger partial charge in [0.1, 0.15) is 0 Å². The number of benzene rings is 2. The lowest BCUT2D eigenvalue weighted by molar-refractivity contribution is 0.0697. The molecule has 2 N–H and O–H groups in total. The molecule has 5 heteroatoms. The summed E-state index contributed by atoms with van der Waals surface area (Å²) in [6, 6.07) is 15.0. The second-order valence-corrected chi connectivity index (χ2v) is 5.32. The molecular weight excluding hydrogens is 272 g/mol. The first-order valence-electron chi connectivity index (χ1n) is 6.12. The van der Waals surface area contributed by atoms with Crippen molar-refractivity contribution in [3.05, 3.63) is 59.7 Å². The van der Waals surface area contributed by atoms with Crippen molar-refractivity contribution in [1.82, 2.24) is 9.97 Å². The fraction of sp³-hybridized carbons (Fsp3) is 0.0667. The summed E-state index contributed by atoms with van der Waals surface area (Å²) in [5.74, 6) is -0.105. The maximum absolute atomic E-state index is 10.9. The zero-order chi connectivity index (χ0) is 13.9. The molecule has 0 amide bonds. The number of nitrogens with one attached hydrogen (secondary N) is 1. The van der Waals surface area contributed by atoms with Crippen LogP contribution in [0.4, 0.5) is 0 Å². The van der Waals surface area contributed by atoms with Gasteiger partial charge in [0, 0.05) is 5.75 Å². The lowest BCUT2D eigenvalue weighted by Gasteiger charge is -1.97. The Bertz CT molecular complexity index is 753. The Labute approximate surface area is 119 Å². The van der Waals surface area contributed by atoms with E-state index in [1.807, 2.05) is 18.2 Å². The Balaban J connectivity index is 1.80. The summed E-state index contributed by atoms with van der Waals surface area (Å²) < 4.78 is 0. The predicted octanol–water partition coefficient (Wildman–Crippen LogP) is 3.55. The number of thioether (sulfide) groups is 1. The molecule has 1 aromatic heterocycles. The van der Waals surface area contributed by atoms with E-state index >= 15 is 0 Å². The fourth-order valence-electron chi connectivity index (χ4n) is 1.91. The molecule has 0 aliphatic heterocycles. The molecule has 1 heterocycles. The minimum Gasteiger partial charge on any atom is -0.478 e. The molecular formula is C15H12N2O2S. The van der Waals surface area contributed by atoms with Gasteiger partial charge in [0.15, 0.2) is 5.16 Å². The van der Waals surface area contributed by atoms with E-state index < -0.39 is 5.97 Å². The van der Waals surface area contributed by atoms with Crippen LogP contribution < -0.4 is 0 Å². The van der Waals surface area contributed by atoms with Gasteiger partial charge in [0.05, 0.1) is 16.6 Å². The van der Waals surface area contributed by atoms with Crippen LogP contribution >= 0.6 is 11.8 Å². The number of rotatable bonds is 4. The molecule has 0 unspecified atom stereocenters. The van der Waals surface area contributed by atoms with E-state index in [4.69, 9.17) is 5.11 Å². The van der Waals surface area contributed by atoms with E-state index in [9.17, 15) is 4.79 Å². The SMILES string of the molecule is O=C(O)c1ccc2nc(SCc3ccccc3)[nH]c2c1. The van der Waals surface area contributed by atoms with Crippen LogP contribution in [0.2, 0.25) is 0 Å². The number of fused-ring (bicyclic) bond motifs is 1. The number of H-pyrrole nitrogens is 1. The van der Waals surface area contributed by atoms with Crippen LogP contribution in [-0.2, 0) is 5.75 Å². The van der Waals surface area contributed by atoms with Gasteiger partial charge in [-0.25, -0.2) is 9.78 Å². The molecule has 0 atom stereocenters. The average molecular weight is 284 g/mol. The largest absolute Gasteiger partial charge is 0.478 e. The van der Waals surface area contributed by atoms with Gasteiger partial charge in [-0.05, 0) is 23.8 Å². The monoisotopic (exact) mass is 284 g/mol. The van der Waals surface area contributed by atoms with Crippen LogP contribution in [0, 0.1) is 0 Å². The lowest BCUT2D eigenvalue weighted by atomic mass is 10.2. The van der Waals surface area contributed by atoms with Crippen molar-refractivity contribution in [3.63, 3.8) is 0 Å². The summed E-state index contributed by atoms with van der Waals surface area (Å²) in [7, 11) is 0. The molecule has 0 aliphatic carbocycles. The maximum Gasteiger partial charge on any atom is 0.335 e. The number of carbonyl (C=O) groups is 1. The molecule has 3 rings (SSSR count). The minimum atomic E-state index is -0.931. The van der Waals surface area contributed by atoms with Crippen molar-refractivity contribution in [1.29, 1.82) is 0 Å². The molecule has 0 aliphatic rings. The number of hydrogen-bond acceptors (Lipinski definition) is 3. The third-order valence-electron chi connectivity index (χ3n) is 2.93. The zero-order valence-electron chi connectivity index (χ0n) is 10.5. The number of hydrogen-bond donors (Lipinski definition) is 2. The van der Waals surface area contributed by atoms with Crippen LogP contribution in [0.5, 0.6) is 0 Å². The summed E-state index contributed by atoms with van der Waals surface area (Å²) in [5, 5.41) is 9.76. The molecule has 0 saturated carbocycles. The summed E-state index contributed by atoms with van der Waals surface area (Å²) in [6.07, 6.45) is 0. The summed E-state index contributed by atoms with van der Waals surface area (Å²) >= 11 is 1.60. The molecule has 3 aromatic rings. The molecule has 0 fully saturated rings. The Morgan fingerprint density at radius 3 is 2.75 bits per heavy atom. The first-order chi connectivity index (χ1) is 9.72. The number of aromatic nitrogens is 2. The van der Waals surface area contributed by atoms with Gasteiger partial charge in [-0.2, -0.15) is 0 Å². The number of aromatic amines is 1. The van der Waals surface area contributed by atoms with Gasteiger partial charge in [-0.15, -0.1) is 0 Å². The molecule has 0 radical (unpaired) electrons. The number of aromatic carboxylic acids is 1. The summed E-state index contributed by atoms with van der Waals surface area (Å²) in [6.45, 7) is 0. The van der Waals surface area contributed by atoms with Gasteiger partial charge in [0.25, 0.3) is 0 Å². The van der Waals surface area contributed by atoms with Crippen molar-refractivity contribution in [3.8, 4) is 0 Å². The normalized spacial score (nSPS) is 10.8. The van der Waals surface area contributed by atoms with E-state index in [-0.39, 0.29) is 5.56 Å². The van der Waals surface area contributed by atoms with E-state index in [1.54, 1.807) is 30.0 Å². The second-order valence-electron chi connectivity index (χ2n) is 4.35. The van der Waals surface area contributed by atoms with Crippen molar-refractivity contribution in [2.45, 2.75) is 10.9 Å². The van der Waals surface area contributed by atoms with Crippen molar-refractivity contribution >= 4 is 28.8 Å². The number of carboxylic acid groups (broad SMARTS) is 1. The third-order valence-corrected chi connectivity index (χ3v) is 3.87. The van der Waals surface area contributed by atoms with Crippen LogP contribution in [0.3, 0.4) is 0 Å². The fourth-order valence-corrected chi connectivity index (χ4v) is 2.75. The molecule has 2 aromatic carbocycles. The smallest absolute Gasteiger partial charge is 0.335 e. The number of imidazole rings is 1. The average Bonchev–Trinajstić information content (AvgIpc) is 2.88. The topological polar surface area (TPSA) is 66.0 Å². The molecule has 100 valence electrons. The number of carboxylic acids is 1. The van der Waals surface area contributed by atoms with Gasteiger partial charge in [-0.3, -0.25) is 0 Å². The second kappa shape index (κ2) is 5.38. The first-order valence-corrected chi connectivity index (χ1v) is 7.11. The lowest BCUT2D eigenvalue weighted by Crippen LogP contribution is -1.94. The van der Waals surface area contributed by atoms with Gasteiger partial charge < -0.3 is 10.1 Å². The molecule has 0 spiro atoms. The molecule has 0 bridgehead atoms. The number of nitrogens with zero attached hydrogens (tertiary/aromatic N) is 1. The summed E-state index contributed by atoms with van der Waals surface area (Å²) in [5.41, 5.74) is 3.02. The highest BCUT2D eigenvalue weighted by atomic mass is 32.2. The standard InChI is InChI=1S/C15H12N2O2S/c18-14(19)11-6-7-12-13(8-11)17-15(16-12)20-9-10-4-2-1-3-5-10/h1-8H,9H2,(H,16,17)(H,18,19). The first kappa shape index (κ1) is 12.7. The van der Waals surface area contributed by atoms with Crippen LogP contribution in [0.1, 0.15) is 15.9 Å². The minimum absolute atomic E-state index is 0.265.